The fourth-order valence-corrected chi connectivity index (χ4v) is 4.51. The molecule has 2 N–H and O–H groups in total. The molecule has 0 radical (unpaired) electrons. The van der Waals surface area contributed by atoms with Crippen LogP contribution in [0.5, 0.6) is 11.5 Å². The van der Waals surface area contributed by atoms with Crippen LogP contribution in [0.3, 0.4) is 0 Å². The second-order valence-corrected chi connectivity index (χ2v) is 9.24. The highest BCUT2D eigenvalue weighted by atomic mass is 35.5. The van der Waals surface area contributed by atoms with Crippen molar-refractivity contribution in [3.05, 3.63) is 76.3 Å². The van der Waals surface area contributed by atoms with Gasteiger partial charge in [-0.15, -0.1) is 11.8 Å². The van der Waals surface area contributed by atoms with Gasteiger partial charge in [-0.05, 0) is 55.0 Å². The molecule has 1 atom stereocenters. The first-order chi connectivity index (χ1) is 16.4. The number of carbonyl (C=O) groups is 2. The van der Waals surface area contributed by atoms with Crippen molar-refractivity contribution in [2.45, 2.75) is 23.5 Å². The van der Waals surface area contributed by atoms with Gasteiger partial charge in [-0.3, -0.25) is 9.59 Å². The number of benzene rings is 3. The Morgan fingerprint density at radius 2 is 1.53 bits per heavy atom. The van der Waals surface area contributed by atoms with Crippen LogP contribution in [-0.4, -0.2) is 31.3 Å². The van der Waals surface area contributed by atoms with Crippen LogP contribution < -0.4 is 20.1 Å². The highest BCUT2D eigenvalue weighted by molar-refractivity contribution is 8.00. The first-order valence-corrected chi connectivity index (χ1v) is 12.0. The van der Waals surface area contributed by atoms with Gasteiger partial charge in [0.25, 0.3) is 5.91 Å². The third kappa shape index (κ3) is 6.38. The van der Waals surface area contributed by atoms with Gasteiger partial charge in [0.05, 0.1) is 29.5 Å². The Kier molecular flexibility index (Phi) is 9.10. The number of rotatable bonds is 9. The summed E-state index contributed by atoms with van der Waals surface area (Å²) in [5.41, 5.74) is 1.46. The highest BCUT2D eigenvalue weighted by Crippen LogP contribution is 2.32. The van der Waals surface area contributed by atoms with Gasteiger partial charge in [0.1, 0.15) is 17.1 Å². The predicted molar refractivity (Wildman–Crippen MR) is 139 cm³/mol. The molecule has 0 heterocycles. The number of carbonyl (C=O) groups excluding carboxylic acids is 2. The van der Waals surface area contributed by atoms with Gasteiger partial charge in [-0.25, -0.2) is 0 Å². The lowest BCUT2D eigenvalue weighted by Gasteiger charge is -2.16. The van der Waals surface area contributed by atoms with E-state index in [1.54, 1.807) is 42.5 Å². The second-order valence-electron chi connectivity index (χ2n) is 7.15. The number of methoxy groups -OCH3 is 2. The molecule has 0 bridgehead atoms. The fourth-order valence-electron chi connectivity index (χ4n) is 3.20. The van der Waals surface area contributed by atoms with E-state index >= 15 is 0 Å². The molecular weight excluding hydrogens is 495 g/mol. The van der Waals surface area contributed by atoms with Crippen LogP contribution in [0.25, 0.3) is 0 Å². The molecule has 3 aromatic carbocycles. The van der Waals surface area contributed by atoms with Crippen LogP contribution in [0.2, 0.25) is 10.0 Å². The minimum atomic E-state index is -0.360. The second kappa shape index (κ2) is 12.0. The molecule has 0 aliphatic rings. The van der Waals surface area contributed by atoms with E-state index in [0.717, 1.165) is 4.90 Å². The van der Waals surface area contributed by atoms with Crippen molar-refractivity contribution in [1.82, 2.24) is 0 Å². The lowest BCUT2D eigenvalue weighted by molar-refractivity contribution is -0.115. The van der Waals surface area contributed by atoms with Crippen LogP contribution in [0.1, 0.15) is 23.7 Å². The number of anilines is 2. The van der Waals surface area contributed by atoms with Crippen molar-refractivity contribution in [2.75, 3.05) is 24.9 Å². The van der Waals surface area contributed by atoms with Crippen LogP contribution in [-0.2, 0) is 4.79 Å². The maximum atomic E-state index is 13.0. The summed E-state index contributed by atoms with van der Waals surface area (Å²) in [5, 5.41) is 6.19. The molecule has 0 aliphatic carbocycles. The normalized spacial score (nSPS) is 11.4. The molecule has 0 fully saturated rings. The van der Waals surface area contributed by atoms with Crippen molar-refractivity contribution in [1.29, 1.82) is 0 Å². The third-order valence-electron chi connectivity index (χ3n) is 4.88. The number of amides is 2. The van der Waals surface area contributed by atoms with E-state index in [1.165, 1.54) is 26.0 Å². The van der Waals surface area contributed by atoms with E-state index in [1.807, 2.05) is 25.1 Å². The van der Waals surface area contributed by atoms with E-state index < -0.39 is 0 Å². The minimum Gasteiger partial charge on any atom is -0.496 e. The van der Waals surface area contributed by atoms with Crippen LogP contribution in [0.15, 0.2) is 65.6 Å². The largest absolute Gasteiger partial charge is 0.496 e. The Labute approximate surface area is 212 Å². The molecule has 0 saturated carbocycles. The molecule has 34 heavy (non-hydrogen) atoms. The molecule has 3 rings (SSSR count). The zero-order valence-electron chi connectivity index (χ0n) is 18.9. The molecule has 178 valence electrons. The molecule has 6 nitrogen and oxygen atoms in total. The topological polar surface area (TPSA) is 76.7 Å². The zero-order valence-corrected chi connectivity index (χ0v) is 21.2. The third-order valence-corrected chi connectivity index (χ3v) is 6.97. The Hall–Kier alpha value is -2.87. The molecule has 0 aliphatic heterocycles. The van der Waals surface area contributed by atoms with Crippen molar-refractivity contribution >= 4 is 58.2 Å². The summed E-state index contributed by atoms with van der Waals surface area (Å²) in [4.78, 5) is 26.6. The lowest BCUT2D eigenvalue weighted by Crippen LogP contribution is -2.24. The Balaban J connectivity index is 1.72. The molecule has 1 unspecified atom stereocenters. The molecule has 0 spiro atoms. The van der Waals surface area contributed by atoms with Gasteiger partial charge in [-0.1, -0.05) is 42.3 Å². The average molecular weight is 519 g/mol. The van der Waals surface area contributed by atoms with Gasteiger partial charge >= 0.3 is 0 Å². The first kappa shape index (κ1) is 25.7. The smallest absolute Gasteiger partial charge is 0.263 e. The predicted octanol–water partition coefficient (Wildman–Crippen LogP) is 6.77. The van der Waals surface area contributed by atoms with E-state index in [4.69, 9.17) is 32.7 Å². The maximum Gasteiger partial charge on any atom is 0.263 e. The van der Waals surface area contributed by atoms with Crippen LogP contribution in [0.4, 0.5) is 11.4 Å². The summed E-state index contributed by atoms with van der Waals surface area (Å²) in [5.74, 6) is 0.305. The molecule has 9 heteroatoms. The van der Waals surface area contributed by atoms with Crippen molar-refractivity contribution in [2.24, 2.45) is 0 Å². The summed E-state index contributed by atoms with van der Waals surface area (Å²) < 4.78 is 10.6. The van der Waals surface area contributed by atoms with Crippen LogP contribution >= 0.6 is 35.0 Å². The van der Waals surface area contributed by atoms with Gasteiger partial charge in [0.2, 0.25) is 5.91 Å². The number of ether oxygens (including phenoxy) is 2. The fraction of sp³-hybridized carbons (Fsp3) is 0.200. The monoisotopic (exact) mass is 518 g/mol. The minimum absolute atomic E-state index is 0.154. The summed E-state index contributed by atoms with van der Waals surface area (Å²) in [6.07, 6.45) is 0.604. The van der Waals surface area contributed by atoms with Gasteiger partial charge in [-0.2, -0.15) is 0 Å². The Morgan fingerprint density at radius 1 is 0.882 bits per heavy atom. The van der Waals surface area contributed by atoms with E-state index in [2.05, 4.69) is 10.6 Å². The van der Waals surface area contributed by atoms with Crippen LogP contribution in [0, 0.1) is 0 Å². The summed E-state index contributed by atoms with van der Waals surface area (Å²) in [6, 6.07) is 17.4. The number of halogens is 2. The standard InChI is InChI=1S/C25H24Cl2N2O4S/c1-4-22(24(30)28-16-11-12-18(26)19(27)14-16)34-17-8-5-7-15(13-17)29-25(31)23-20(32-2)9-6-10-21(23)33-3/h5-14,22H,4H2,1-3H3,(H,28,30)(H,29,31). The van der Waals surface area contributed by atoms with E-state index in [-0.39, 0.29) is 17.1 Å². The maximum absolute atomic E-state index is 13.0. The quantitative estimate of drug-likeness (QED) is 0.305. The van der Waals surface area contributed by atoms with Crippen molar-refractivity contribution < 1.29 is 19.1 Å². The lowest BCUT2D eigenvalue weighted by atomic mass is 10.1. The molecule has 0 aromatic heterocycles. The Morgan fingerprint density at radius 3 is 2.15 bits per heavy atom. The SMILES string of the molecule is CCC(Sc1cccc(NC(=O)c2c(OC)cccc2OC)c1)C(=O)Nc1ccc(Cl)c(Cl)c1. The highest BCUT2D eigenvalue weighted by Gasteiger charge is 2.20. The van der Waals surface area contributed by atoms with Gasteiger partial charge in [0.15, 0.2) is 0 Å². The number of nitrogens with one attached hydrogen (secondary N) is 2. The Bertz CT molecular complexity index is 1170. The molecule has 3 aromatic rings. The zero-order chi connectivity index (χ0) is 24.7. The number of hydrogen-bond acceptors (Lipinski definition) is 5. The summed E-state index contributed by atoms with van der Waals surface area (Å²) in [7, 11) is 2.99. The first-order valence-electron chi connectivity index (χ1n) is 10.4. The van der Waals surface area contributed by atoms with Crippen molar-refractivity contribution in [3.8, 4) is 11.5 Å². The van der Waals surface area contributed by atoms with Gasteiger partial charge < -0.3 is 20.1 Å². The molecular formula is C25H24Cl2N2O4S. The number of thioether (sulfide) groups is 1. The average Bonchev–Trinajstić information content (AvgIpc) is 2.84. The summed E-state index contributed by atoms with van der Waals surface area (Å²) >= 11 is 13.4. The summed E-state index contributed by atoms with van der Waals surface area (Å²) in [6.45, 7) is 1.94. The molecule has 2 amide bonds. The number of hydrogen-bond donors (Lipinski definition) is 2. The van der Waals surface area contributed by atoms with Gasteiger partial charge in [0, 0.05) is 16.3 Å². The van der Waals surface area contributed by atoms with Crippen molar-refractivity contribution in [3.63, 3.8) is 0 Å². The van der Waals surface area contributed by atoms with E-state index in [9.17, 15) is 9.59 Å². The van der Waals surface area contributed by atoms with E-state index in [0.29, 0.717) is 44.9 Å². The molecule has 0 saturated heterocycles.